The molecular formula is C20H27N3O2S. The van der Waals surface area contributed by atoms with Crippen molar-refractivity contribution in [3.05, 3.63) is 23.9 Å². The molecule has 1 aromatic carbocycles. The summed E-state index contributed by atoms with van der Waals surface area (Å²) >= 11 is 1.37. The van der Waals surface area contributed by atoms with Gasteiger partial charge in [0.1, 0.15) is 11.4 Å². The molecule has 3 aliphatic heterocycles. The topological polar surface area (TPSA) is 54.5 Å². The second kappa shape index (κ2) is 7.53. The Kier molecular flexibility index (Phi) is 5.14. The molecule has 0 spiro atoms. The van der Waals surface area contributed by atoms with Crippen molar-refractivity contribution in [1.29, 1.82) is 0 Å². The first-order valence-electron chi connectivity index (χ1n) is 9.69. The van der Waals surface area contributed by atoms with Gasteiger partial charge in [0, 0.05) is 18.0 Å². The molecule has 0 saturated carbocycles. The van der Waals surface area contributed by atoms with Crippen molar-refractivity contribution in [2.24, 2.45) is 11.8 Å². The molecule has 4 heterocycles. The van der Waals surface area contributed by atoms with Gasteiger partial charge < -0.3 is 15.0 Å². The zero-order valence-corrected chi connectivity index (χ0v) is 16.3. The van der Waals surface area contributed by atoms with E-state index in [9.17, 15) is 4.79 Å². The number of hydrogen-bond donors (Lipinski definition) is 1. The highest BCUT2D eigenvalue weighted by Gasteiger charge is 2.35. The largest absolute Gasteiger partial charge is 0.493 e. The third-order valence-electron chi connectivity index (χ3n) is 5.86. The van der Waals surface area contributed by atoms with Gasteiger partial charge in [0.15, 0.2) is 0 Å². The Morgan fingerprint density at radius 2 is 2.23 bits per heavy atom. The molecule has 1 aromatic heterocycles. The quantitative estimate of drug-likeness (QED) is 0.841. The minimum absolute atomic E-state index is 0.0386. The number of fused-ring (bicyclic) bond motifs is 4. The fourth-order valence-electron chi connectivity index (χ4n) is 3.89. The lowest BCUT2D eigenvalue weighted by Gasteiger charge is -2.44. The number of rotatable bonds is 6. The molecule has 2 atom stereocenters. The zero-order chi connectivity index (χ0) is 18.1. The molecule has 1 N–H and O–H groups in total. The van der Waals surface area contributed by atoms with Crippen molar-refractivity contribution in [2.75, 3.05) is 26.2 Å². The number of ether oxygens (including phenoxy) is 1. The Hall–Kier alpha value is -1.66. The molecule has 5 nitrogen and oxygen atoms in total. The van der Waals surface area contributed by atoms with Crippen LogP contribution in [0.2, 0.25) is 0 Å². The number of nitrogens with zero attached hydrogens (tertiary/aromatic N) is 2. The van der Waals surface area contributed by atoms with E-state index in [0.717, 1.165) is 28.8 Å². The number of amides is 1. The van der Waals surface area contributed by atoms with Gasteiger partial charge in [0.2, 0.25) is 0 Å². The third kappa shape index (κ3) is 3.58. The number of aromatic nitrogens is 1. The van der Waals surface area contributed by atoms with Gasteiger partial charge in [0.05, 0.1) is 11.3 Å². The number of carbonyl (C=O) groups excluding carboxylic acids is 1. The Bertz CT molecular complexity index is 782. The van der Waals surface area contributed by atoms with Gasteiger partial charge in [0.25, 0.3) is 5.91 Å². The summed E-state index contributed by atoms with van der Waals surface area (Å²) in [4.78, 5) is 15.2. The monoisotopic (exact) mass is 373 g/mol. The molecule has 1 amide bonds. The van der Waals surface area contributed by atoms with E-state index in [-0.39, 0.29) is 11.9 Å². The van der Waals surface area contributed by atoms with Crippen LogP contribution in [0, 0.1) is 11.8 Å². The maximum Gasteiger partial charge on any atom is 0.271 e. The van der Waals surface area contributed by atoms with E-state index in [1.807, 2.05) is 18.2 Å². The lowest BCUT2D eigenvalue weighted by molar-refractivity contribution is 0.0619. The molecule has 0 aliphatic carbocycles. The maximum atomic E-state index is 12.8. The SMILES string of the molecule is CCC(C)COc1ccc2c(C(=O)N[C@H]3CN4CCC3CC4)nsc2c1. The second-order valence-corrected chi connectivity index (χ2v) is 8.54. The van der Waals surface area contributed by atoms with Crippen molar-refractivity contribution in [2.45, 2.75) is 39.2 Å². The van der Waals surface area contributed by atoms with Crippen LogP contribution >= 0.6 is 11.5 Å². The molecule has 26 heavy (non-hydrogen) atoms. The van der Waals surface area contributed by atoms with Crippen molar-refractivity contribution in [3.63, 3.8) is 0 Å². The molecule has 3 aliphatic rings. The van der Waals surface area contributed by atoms with E-state index in [1.165, 1.54) is 37.5 Å². The van der Waals surface area contributed by atoms with Gasteiger partial charge in [-0.1, -0.05) is 20.3 Å². The molecule has 0 radical (unpaired) electrons. The summed E-state index contributed by atoms with van der Waals surface area (Å²) in [6.45, 7) is 8.40. The Labute approximate surface area is 158 Å². The van der Waals surface area contributed by atoms with Crippen LogP contribution in [0.1, 0.15) is 43.6 Å². The number of nitrogens with one attached hydrogen (secondary N) is 1. The van der Waals surface area contributed by atoms with E-state index < -0.39 is 0 Å². The average molecular weight is 374 g/mol. The number of hydrogen-bond acceptors (Lipinski definition) is 5. The van der Waals surface area contributed by atoms with Gasteiger partial charge >= 0.3 is 0 Å². The molecule has 1 unspecified atom stereocenters. The Morgan fingerprint density at radius 3 is 2.92 bits per heavy atom. The predicted octanol–water partition coefficient (Wildman–Crippen LogP) is 3.55. The van der Waals surface area contributed by atoms with Gasteiger partial charge in [-0.05, 0) is 67.5 Å². The fourth-order valence-corrected chi connectivity index (χ4v) is 4.70. The molecule has 2 aromatic rings. The van der Waals surface area contributed by atoms with Crippen LogP contribution in [-0.2, 0) is 0 Å². The van der Waals surface area contributed by atoms with Crippen molar-refractivity contribution >= 4 is 27.5 Å². The van der Waals surface area contributed by atoms with Gasteiger partial charge in [-0.3, -0.25) is 4.79 Å². The summed E-state index contributed by atoms with van der Waals surface area (Å²) in [7, 11) is 0. The van der Waals surface area contributed by atoms with E-state index in [1.54, 1.807) is 0 Å². The Balaban J connectivity index is 1.45. The normalized spacial score (nSPS) is 26.0. The fraction of sp³-hybridized carbons (Fsp3) is 0.600. The average Bonchev–Trinajstić information content (AvgIpc) is 3.10. The first-order chi connectivity index (χ1) is 12.6. The second-order valence-electron chi connectivity index (χ2n) is 7.73. The van der Waals surface area contributed by atoms with E-state index in [4.69, 9.17) is 4.74 Å². The summed E-state index contributed by atoms with van der Waals surface area (Å²) in [6, 6.07) is 6.18. The molecule has 5 rings (SSSR count). The summed E-state index contributed by atoms with van der Waals surface area (Å²) in [6.07, 6.45) is 3.49. The third-order valence-corrected chi connectivity index (χ3v) is 6.67. The van der Waals surface area contributed by atoms with Crippen molar-refractivity contribution in [1.82, 2.24) is 14.6 Å². The van der Waals surface area contributed by atoms with Crippen molar-refractivity contribution in [3.8, 4) is 5.75 Å². The van der Waals surface area contributed by atoms with Crippen LogP contribution in [0.4, 0.5) is 0 Å². The lowest BCUT2D eigenvalue weighted by Crippen LogP contribution is -2.57. The van der Waals surface area contributed by atoms with Crippen LogP contribution in [-0.4, -0.2) is 47.5 Å². The molecular weight excluding hydrogens is 346 g/mol. The highest BCUT2D eigenvalue weighted by Crippen LogP contribution is 2.30. The van der Waals surface area contributed by atoms with Crippen LogP contribution in [0.5, 0.6) is 5.75 Å². The molecule has 3 saturated heterocycles. The Morgan fingerprint density at radius 1 is 1.42 bits per heavy atom. The van der Waals surface area contributed by atoms with Crippen LogP contribution in [0.25, 0.3) is 10.1 Å². The lowest BCUT2D eigenvalue weighted by atomic mass is 9.84. The molecule has 140 valence electrons. The standard InChI is InChI=1S/C20H27N3O2S/c1-3-13(2)12-25-15-4-5-16-18(10-15)26-22-19(16)20(24)21-17-11-23-8-6-14(17)7-9-23/h4-5,10,13-14,17H,3,6-9,11-12H2,1-2H3,(H,21,24)/t13?,17-/m0/s1. The van der Waals surface area contributed by atoms with E-state index in [0.29, 0.717) is 24.1 Å². The van der Waals surface area contributed by atoms with Gasteiger partial charge in [-0.15, -0.1) is 0 Å². The van der Waals surface area contributed by atoms with E-state index >= 15 is 0 Å². The predicted molar refractivity (Wildman–Crippen MR) is 105 cm³/mol. The van der Waals surface area contributed by atoms with Crippen LogP contribution < -0.4 is 10.1 Å². The van der Waals surface area contributed by atoms with Crippen molar-refractivity contribution < 1.29 is 9.53 Å². The minimum Gasteiger partial charge on any atom is -0.493 e. The number of carbonyl (C=O) groups is 1. The summed E-state index contributed by atoms with van der Waals surface area (Å²) < 4.78 is 11.3. The van der Waals surface area contributed by atoms with Crippen LogP contribution in [0.3, 0.4) is 0 Å². The summed E-state index contributed by atoms with van der Waals surface area (Å²) in [5.41, 5.74) is 0.551. The van der Waals surface area contributed by atoms with E-state index in [2.05, 4.69) is 28.4 Å². The maximum absolute atomic E-state index is 12.8. The zero-order valence-electron chi connectivity index (χ0n) is 15.5. The minimum atomic E-state index is -0.0386. The molecule has 6 heteroatoms. The first-order valence-corrected chi connectivity index (χ1v) is 10.5. The number of piperidine rings is 3. The van der Waals surface area contributed by atoms with Gasteiger partial charge in [-0.2, -0.15) is 4.37 Å². The molecule has 3 fully saturated rings. The number of benzene rings is 1. The highest BCUT2D eigenvalue weighted by atomic mass is 32.1. The summed E-state index contributed by atoms with van der Waals surface area (Å²) in [5, 5.41) is 4.16. The highest BCUT2D eigenvalue weighted by molar-refractivity contribution is 7.13. The first kappa shape index (κ1) is 17.7. The van der Waals surface area contributed by atoms with Crippen LogP contribution in [0.15, 0.2) is 18.2 Å². The smallest absolute Gasteiger partial charge is 0.271 e. The van der Waals surface area contributed by atoms with Gasteiger partial charge in [-0.25, -0.2) is 0 Å². The molecule has 2 bridgehead atoms. The summed E-state index contributed by atoms with van der Waals surface area (Å²) in [5.74, 6) is 1.97.